The van der Waals surface area contributed by atoms with Crippen molar-refractivity contribution in [1.29, 1.82) is 0 Å². The number of carbonyl (C=O) groups excluding carboxylic acids is 5. The quantitative estimate of drug-likeness (QED) is 0.0747. The largest absolute Gasteiger partial charge is 0.463 e. The predicted molar refractivity (Wildman–Crippen MR) is 175 cm³/mol. The van der Waals surface area contributed by atoms with Gasteiger partial charge in [-0.15, -0.1) is 0 Å². The summed E-state index contributed by atoms with van der Waals surface area (Å²) in [6.45, 7) is 7.62. The highest BCUT2D eigenvalue weighted by Gasteiger charge is 2.53. The van der Waals surface area contributed by atoms with Gasteiger partial charge in [-0.3, -0.25) is 24.0 Å². The fourth-order valence-electron chi connectivity index (χ4n) is 5.46. The number of benzene rings is 2. The number of nitrogens with one attached hydrogen (secondary N) is 3. The van der Waals surface area contributed by atoms with Crippen LogP contribution in [0.1, 0.15) is 50.1 Å². The minimum Gasteiger partial charge on any atom is -0.463 e. The van der Waals surface area contributed by atoms with E-state index < -0.39 is 67.1 Å². The lowest BCUT2D eigenvalue weighted by Gasteiger charge is -2.43. The number of amides is 1. The Morgan fingerprint density at radius 1 is 0.837 bits per heavy atom. The summed E-state index contributed by atoms with van der Waals surface area (Å²) < 4.78 is 26.8. The maximum absolute atomic E-state index is 12.7. The van der Waals surface area contributed by atoms with Crippen LogP contribution in [0.5, 0.6) is 0 Å². The Morgan fingerprint density at radius 3 is 2.16 bits per heavy atom. The smallest absolute Gasteiger partial charge is 0.303 e. The van der Waals surface area contributed by atoms with Crippen molar-refractivity contribution < 1.29 is 52.5 Å². The van der Waals surface area contributed by atoms with Crippen LogP contribution in [-0.4, -0.2) is 78.6 Å². The Balaban J connectivity index is 1.34. The normalized spacial score (nSPS) is 20.5. The summed E-state index contributed by atoms with van der Waals surface area (Å²) in [5.41, 5.74) is 7.64. The van der Waals surface area contributed by atoms with Gasteiger partial charge in [-0.25, -0.2) is 10.3 Å². The van der Waals surface area contributed by atoms with Crippen molar-refractivity contribution in [3.8, 4) is 0 Å². The van der Waals surface area contributed by atoms with Crippen LogP contribution in [0.2, 0.25) is 0 Å². The van der Waals surface area contributed by atoms with Crippen LogP contribution in [-0.2, 0) is 65.5 Å². The molecule has 1 saturated heterocycles. The third kappa shape index (κ3) is 10.7. The van der Waals surface area contributed by atoms with E-state index in [0.717, 1.165) is 57.3 Å². The van der Waals surface area contributed by atoms with Gasteiger partial charge < -0.3 is 34.0 Å². The first kappa shape index (κ1) is 36.8. The van der Waals surface area contributed by atoms with Gasteiger partial charge in [0.1, 0.15) is 12.7 Å². The monoisotopic (exact) mass is 679 g/mol. The van der Waals surface area contributed by atoms with Crippen molar-refractivity contribution in [3.63, 3.8) is 0 Å². The number of carbonyl (C=O) groups is 5. The second-order valence-corrected chi connectivity index (χ2v) is 11.4. The molecule has 3 N–H and O–H groups in total. The summed E-state index contributed by atoms with van der Waals surface area (Å²) in [5, 5.41) is 4.72. The summed E-state index contributed by atoms with van der Waals surface area (Å²) in [5.74, 6) is -3.70. The molecule has 1 amide bonds. The average Bonchev–Trinajstić information content (AvgIpc) is 3.36. The molecule has 0 radical (unpaired) electrons. The van der Waals surface area contributed by atoms with E-state index in [9.17, 15) is 24.0 Å². The molecule has 0 bridgehead atoms. The fraction of sp³-hybridized carbons (Fsp3) is 0.400. The number of H-pyrrole nitrogens is 1. The Labute approximate surface area is 283 Å². The molecule has 0 unspecified atom stereocenters. The van der Waals surface area contributed by atoms with E-state index >= 15 is 0 Å². The first-order valence-electron chi connectivity index (χ1n) is 15.7. The Morgan fingerprint density at radius 2 is 1.49 bits per heavy atom. The molecule has 0 aliphatic carbocycles. The number of hydrogen-bond acceptors (Lipinski definition) is 12. The third-order valence-corrected chi connectivity index (χ3v) is 7.54. The number of hydroxylamine groups is 1. The molecule has 4 rings (SSSR count). The molecule has 49 heavy (non-hydrogen) atoms. The van der Waals surface area contributed by atoms with Crippen molar-refractivity contribution in [1.82, 2.24) is 15.8 Å². The van der Waals surface area contributed by atoms with Gasteiger partial charge in [-0.1, -0.05) is 42.5 Å². The number of hydrogen-bond donors (Lipinski definition) is 3. The highest BCUT2D eigenvalue weighted by atomic mass is 16.8. The van der Waals surface area contributed by atoms with E-state index in [1.807, 2.05) is 36.4 Å². The van der Waals surface area contributed by atoms with Gasteiger partial charge >= 0.3 is 23.9 Å². The molecule has 1 aliphatic heterocycles. The Kier molecular flexibility index (Phi) is 13.0. The maximum atomic E-state index is 12.7. The Bertz CT molecular complexity index is 1670. The van der Waals surface area contributed by atoms with E-state index in [-0.39, 0.29) is 0 Å². The zero-order valence-electron chi connectivity index (χ0n) is 28.0. The van der Waals surface area contributed by atoms with Gasteiger partial charge in [0.05, 0.1) is 0 Å². The molecule has 5 atom stereocenters. The number of aryl methyl sites for hydroxylation is 1. The van der Waals surface area contributed by atoms with E-state index in [2.05, 4.69) is 34.8 Å². The third-order valence-electron chi connectivity index (χ3n) is 7.54. The molecule has 14 heteroatoms. The van der Waals surface area contributed by atoms with Crippen LogP contribution in [0.3, 0.4) is 0 Å². The minimum absolute atomic E-state index is 0.430. The lowest BCUT2D eigenvalue weighted by atomic mass is 9.98. The summed E-state index contributed by atoms with van der Waals surface area (Å²) >= 11 is 0. The summed E-state index contributed by atoms with van der Waals surface area (Å²) in [6, 6.07) is 15.9. The molecule has 1 fully saturated rings. The lowest BCUT2D eigenvalue weighted by molar-refractivity contribution is -0.318. The molecule has 3 aromatic rings. The fourth-order valence-corrected chi connectivity index (χ4v) is 5.46. The van der Waals surface area contributed by atoms with Gasteiger partial charge in [0.2, 0.25) is 6.29 Å². The summed E-state index contributed by atoms with van der Waals surface area (Å²) in [7, 11) is 0. The van der Waals surface area contributed by atoms with Crippen LogP contribution >= 0.6 is 0 Å². The maximum Gasteiger partial charge on any atom is 0.303 e. The van der Waals surface area contributed by atoms with E-state index in [1.165, 1.54) is 22.7 Å². The topological polar surface area (TPSA) is 181 Å². The van der Waals surface area contributed by atoms with Gasteiger partial charge in [-0.05, 0) is 48.7 Å². The van der Waals surface area contributed by atoms with Crippen LogP contribution in [0.4, 0.5) is 0 Å². The number of fused-ring (bicyclic) bond motifs is 1. The van der Waals surface area contributed by atoms with Crippen molar-refractivity contribution in [3.05, 3.63) is 77.0 Å². The number of para-hydroxylation sites is 1. The molecule has 2 heterocycles. The average molecular weight is 680 g/mol. The van der Waals surface area contributed by atoms with Crippen molar-refractivity contribution >= 4 is 46.8 Å². The molecule has 1 aromatic heterocycles. The van der Waals surface area contributed by atoms with Crippen LogP contribution in [0.25, 0.3) is 17.0 Å². The molecule has 0 saturated carbocycles. The molecule has 0 spiro atoms. The number of aromatic amines is 1. The van der Waals surface area contributed by atoms with Gasteiger partial charge in [0, 0.05) is 56.9 Å². The number of aromatic nitrogens is 1. The first-order valence-corrected chi connectivity index (χ1v) is 15.7. The van der Waals surface area contributed by atoms with Crippen LogP contribution < -0.4 is 10.8 Å². The molecule has 262 valence electrons. The minimum atomic E-state index is -1.55. The van der Waals surface area contributed by atoms with E-state index in [0.29, 0.717) is 6.54 Å². The van der Waals surface area contributed by atoms with Gasteiger partial charge in [0.15, 0.2) is 18.3 Å². The van der Waals surface area contributed by atoms with Gasteiger partial charge in [-0.2, -0.15) is 0 Å². The van der Waals surface area contributed by atoms with Crippen LogP contribution in [0.15, 0.2) is 54.6 Å². The highest BCUT2D eigenvalue weighted by Crippen LogP contribution is 2.29. The second-order valence-electron chi connectivity index (χ2n) is 11.4. The predicted octanol–water partition coefficient (Wildman–Crippen LogP) is 2.95. The number of esters is 4. The van der Waals surface area contributed by atoms with Crippen molar-refractivity contribution in [2.45, 2.75) is 78.3 Å². The van der Waals surface area contributed by atoms with E-state index in [1.54, 1.807) is 6.08 Å². The number of rotatable bonds is 14. The lowest BCUT2D eigenvalue weighted by Crippen LogP contribution is -2.63. The van der Waals surface area contributed by atoms with Crippen molar-refractivity contribution in [2.24, 2.45) is 0 Å². The highest BCUT2D eigenvalue weighted by molar-refractivity contribution is 5.91. The molecule has 1 aliphatic rings. The first-order chi connectivity index (χ1) is 23.4. The summed E-state index contributed by atoms with van der Waals surface area (Å²) in [4.78, 5) is 68.8. The SMILES string of the molecule is CC(=O)OC[C@H]1O[C@@H](ONC(=O)/C=C/c2ccc(CNCCc3c(C)[nH]c4ccccc34)cc2)[C@H](OC(C)=O)[C@@H](OC(C)=O)[C@H]1OC(C)=O. The van der Waals surface area contributed by atoms with Crippen molar-refractivity contribution in [2.75, 3.05) is 13.2 Å². The summed E-state index contributed by atoms with van der Waals surface area (Å²) in [6.07, 6.45) is -3.33. The van der Waals surface area contributed by atoms with Gasteiger partial charge in [0.25, 0.3) is 5.91 Å². The van der Waals surface area contributed by atoms with Crippen LogP contribution in [0, 0.1) is 6.92 Å². The molecular formula is C35H41N3O11. The molecule has 2 aromatic carbocycles. The standard InChI is InChI=1S/C35H41N3O11/c1-20-27(28-8-6-7-9-29(28)37-20)16-17-36-18-26-12-10-25(11-13-26)14-15-31(43)38-49-35-34(47-24(5)42)33(46-23(4)41)32(45-22(3)40)30(48-35)19-44-21(2)39/h6-15,30,32-37H,16-19H2,1-5H3,(H,38,43)/b15-14+/t30-,32+,33+,34-,35+/m1/s1. The Hall–Kier alpha value is -5.05. The zero-order valence-corrected chi connectivity index (χ0v) is 28.0. The molecule has 14 nitrogen and oxygen atoms in total. The zero-order chi connectivity index (χ0) is 35.5. The van der Waals surface area contributed by atoms with E-state index in [4.69, 9.17) is 28.5 Å². The second kappa shape index (κ2) is 17.4. The number of ether oxygens (including phenoxy) is 5. The molecular weight excluding hydrogens is 638 g/mol.